The first-order chi connectivity index (χ1) is 7.90. The van der Waals surface area contributed by atoms with Crippen molar-refractivity contribution in [2.45, 2.75) is 50.2 Å². The molecule has 3 unspecified atom stereocenters. The fraction of sp³-hybridized carbons (Fsp3) is 1.00. The lowest BCUT2D eigenvalue weighted by Gasteiger charge is -2.40. The van der Waals surface area contributed by atoms with Crippen molar-refractivity contribution < 1.29 is 13.2 Å². The Morgan fingerprint density at radius 1 is 1.41 bits per heavy atom. The van der Waals surface area contributed by atoms with Gasteiger partial charge < -0.3 is 5.73 Å². The summed E-state index contributed by atoms with van der Waals surface area (Å²) < 4.78 is 39.1. The van der Waals surface area contributed by atoms with E-state index in [9.17, 15) is 13.2 Å². The standard InChI is InChI=1S/C11H21F3N2S/c1-3-8-7-16(5-6-17-8)10(9(15)4-2)11(12,13)14/h8-10H,3-7,15H2,1-2H3. The van der Waals surface area contributed by atoms with E-state index in [0.717, 1.165) is 12.2 Å². The first-order valence-electron chi connectivity index (χ1n) is 6.08. The molecule has 1 aliphatic rings. The van der Waals surface area contributed by atoms with Gasteiger partial charge in [-0.1, -0.05) is 13.8 Å². The van der Waals surface area contributed by atoms with Gasteiger partial charge in [0.1, 0.15) is 6.04 Å². The number of rotatable bonds is 4. The highest BCUT2D eigenvalue weighted by molar-refractivity contribution is 8.00. The van der Waals surface area contributed by atoms with Gasteiger partial charge in [-0.25, -0.2) is 0 Å². The fourth-order valence-corrected chi connectivity index (χ4v) is 3.39. The fourth-order valence-electron chi connectivity index (χ4n) is 2.19. The molecule has 0 spiro atoms. The van der Waals surface area contributed by atoms with E-state index in [0.29, 0.717) is 24.8 Å². The summed E-state index contributed by atoms with van der Waals surface area (Å²) in [5.41, 5.74) is 5.65. The first-order valence-corrected chi connectivity index (χ1v) is 7.13. The van der Waals surface area contributed by atoms with Gasteiger partial charge in [-0.15, -0.1) is 0 Å². The van der Waals surface area contributed by atoms with Crippen LogP contribution in [-0.2, 0) is 0 Å². The monoisotopic (exact) mass is 270 g/mol. The molecule has 1 fully saturated rings. The van der Waals surface area contributed by atoms with Crippen molar-refractivity contribution in [3.63, 3.8) is 0 Å². The normalized spacial score (nSPS) is 26.8. The van der Waals surface area contributed by atoms with Crippen LogP contribution in [0.5, 0.6) is 0 Å². The maximum absolute atomic E-state index is 13.0. The zero-order valence-electron chi connectivity index (χ0n) is 10.3. The molecule has 0 aliphatic carbocycles. The average Bonchev–Trinajstić information content (AvgIpc) is 2.27. The molecule has 1 rings (SSSR count). The van der Waals surface area contributed by atoms with Crippen LogP contribution in [0.3, 0.4) is 0 Å². The molecule has 3 atom stereocenters. The minimum Gasteiger partial charge on any atom is -0.326 e. The van der Waals surface area contributed by atoms with Gasteiger partial charge in [-0.2, -0.15) is 24.9 Å². The van der Waals surface area contributed by atoms with Gasteiger partial charge in [0.15, 0.2) is 0 Å². The minimum absolute atomic E-state index is 0.303. The maximum atomic E-state index is 13.0. The Balaban J connectivity index is 2.76. The van der Waals surface area contributed by atoms with E-state index in [2.05, 4.69) is 0 Å². The molecule has 102 valence electrons. The lowest BCUT2D eigenvalue weighted by atomic mass is 10.0. The van der Waals surface area contributed by atoms with Gasteiger partial charge in [0, 0.05) is 30.1 Å². The molecule has 6 heteroatoms. The van der Waals surface area contributed by atoms with E-state index < -0.39 is 18.3 Å². The molecule has 0 aromatic rings. The van der Waals surface area contributed by atoms with Gasteiger partial charge in [0.05, 0.1) is 0 Å². The Labute approximate surface area is 105 Å². The van der Waals surface area contributed by atoms with E-state index >= 15 is 0 Å². The second kappa shape index (κ2) is 6.29. The minimum atomic E-state index is -4.23. The quantitative estimate of drug-likeness (QED) is 0.851. The SMILES string of the molecule is CCC1CN(C(C(N)CC)C(F)(F)F)CCS1. The van der Waals surface area contributed by atoms with E-state index in [1.54, 1.807) is 18.7 Å². The molecule has 0 radical (unpaired) electrons. The van der Waals surface area contributed by atoms with Crippen LogP contribution in [0.2, 0.25) is 0 Å². The summed E-state index contributed by atoms with van der Waals surface area (Å²) in [6.07, 6.45) is -2.96. The van der Waals surface area contributed by atoms with Crippen LogP contribution in [0.25, 0.3) is 0 Å². The predicted octanol–water partition coefficient (Wildman–Crippen LogP) is 2.48. The second-order valence-electron chi connectivity index (χ2n) is 4.45. The van der Waals surface area contributed by atoms with Crippen molar-refractivity contribution in [3.05, 3.63) is 0 Å². The van der Waals surface area contributed by atoms with Crippen molar-refractivity contribution in [1.29, 1.82) is 0 Å². The third kappa shape index (κ3) is 4.03. The van der Waals surface area contributed by atoms with Crippen molar-refractivity contribution in [2.24, 2.45) is 5.73 Å². The van der Waals surface area contributed by atoms with Crippen molar-refractivity contribution in [2.75, 3.05) is 18.8 Å². The summed E-state index contributed by atoms with van der Waals surface area (Å²) in [4.78, 5) is 1.53. The number of nitrogens with two attached hydrogens (primary N) is 1. The van der Waals surface area contributed by atoms with Crippen LogP contribution in [0.4, 0.5) is 13.2 Å². The Kier molecular flexibility index (Phi) is 5.60. The Morgan fingerprint density at radius 2 is 2.06 bits per heavy atom. The van der Waals surface area contributed by atoms with Crippen molar-refractivity contribution >= 4 is 11.8 Å². The zero-order valence-corrected chi connectivity index (χ0v) is 11.2. The van der Waals surface area contributed by atoms with Crippen LogP contribution in [0.1, 0.15) is 26.7 Å². The van der Waals surface area contributed by atoms with Crippen molar-refractivity contribution in [1.82, 2.24) is 4.90 Å². The van der Waals surface area contributed by atoms with Gasteiger partial charge in [-0.3, -0.25) is 4.90 Å². The third-order valence-corrected chi connectivity index (χ3v) is 4.60. The second-order valence-corrected chi connectivity index (χ2v) is 5.86. The van der Waals surface area contributed by atoms with Crippen LogP contribution < -0.4 is 5.73 Å². The molecular formula is C11H21F3N2S. The molecule has 0 aromatic heterocycles. The smallest absolute Gasteiger partial charge is 0.326 e. The Morgan fingerprint density at radius 3 is 2.53 bits per heavy atom. The first kappa shape index (κ1) is 15.1. The zero-order chi connectivity index (χ0) is 13.1. The van der Waals surface area contributed by atoms with E-state index in [-0.39, 0.29) is 0 Å². The Bertz CT molecular complexity index is 235. The average molecular weight is 270 g/mol. The highest BCUT2D eigenvalue weighted by Gasteiger charge is 2.47. The molecule has 2 nitrogen and oxygen atoms in total. The lowest BCUT2D eigenvalue weighted by Crippen LogP contribution is -2.58. The maximum Gasteiger partial charge on any atom is 0.405 e. The van der Waals surface area contributed by atoms with Gasteiger partial charge in [0.25, 0.3) is 0 Å². The molecule has 0 saturated carbocycles. The predicted molar refractivity (Wildman–Crippen MR) is 66.2 cm³/mol. The highest BCUT2D eigenvalue weighted by atomic mass is 32.2. The number of halogens is 3. The van der Waals surface area contributed by atoms with Crippen LogP contribution in [0.15, 0.2) is 0 Å². The highest BCUT2D eigenvalue weighted by Crippen LogP contribution is 2.31. The number of hydrogen-bond donors (Lipinski definition) is 1. The molecular weight excluding hydrogens is 249 g/mol. The number of alkyl halides is 3. The van der Waals surface area contributed by atoms with E-state index in [1.165, 1.54) is 4.90 Å². The summed E-state index contributed by atoms with van der Waals surface area (Å²) in [5.74, 6) is 0.765. The molecule has 1 saturated heterocycles. The summed E-state index contributed by atoms with van der Waals surface area (Å²) in [6.45, 7) is 4.71. The number of nitrogens with zero attached hydrogens (tertiary/aromatic N) is 1. The molecule has 1 aliphatic heterocycles. The summed E-state index contributed by atoms with van der Waals surface area (Å²) in [6, 6.07) is -2.31. The number of hydrogen-bond acceptors (Lipinski definition) is 3. The van der Waals surface area contributed by atoms with Gasteiger partial charge in [0.2, 0.25) is 0 Å². The van der Waals surface area contributed by atoms with Crippen molar-refractivity contribution in [3.8, 4) is 0 Å². The van der Waals surface area contributed by atoms with Crippen LogP contribution >= 0.6 is 11.8 Å². The molecule has 0 bridgehead atoms. The molecule has 0 amide bonds. The summed E-state index contributed by atoms with van der Waals surface area (Å²) >= 11 is 1.76. The summed E-state index contributed by atoms with van der Waals surface area (Å²) in [5, 5.41) is 0.303. The van der Waals surface area contributed by atoms with E-state index in [1.807, 2.05) is 6.92 Å². The number of thioether (sulfide) groups is 1. The van der Waals surface area contributed by atoms with E-state index in [4.69, 9.17) is 5.73 Å². The van der Waals surface area contributed by atoms with Crippen LogP contribution in [0, 0.1) is 0 Å². The Hall–Kier alpha value is 0.0600. The molecule has 17 heavy (non-hydrogen) atoms. The largest absolute Gasteiger partial charge is 0.405 e. The van der Waals surface area contributed by atoms with Crippen LogP contribution in [-0.4, -0.2) is 47.3 Å². The van der Waals surface area contributed by atoms with Gasteiger partial charge >= 0.3 is 6.18 Å². The molecule has 1 heterocycles. The lowest BCUT2D eigenvalue weighted by molar-refractivity contribution is -0.189. The molecule has 0 aromatic carbocycles. The summed E-state index contributed by atoms with van der Waals surface area (Å²) in [7, 11) is 0. The topological polar surface area (TPSA) is 29.3 Å². The van der Waals surface area contributed by atoms with Gasteiger partial charge in [-0.05, 0) is 12.8 Å². The third-order valence-electron chi connectivity index (χ3n) is 3.23. The molecule has 2 N–H and O–H groups in total.